The van der Waals surface area contributed by atoms with Gasteiger partial charge < -0.3 is 4.90 Å². The van der Waals surface area contributed by atoms with Gasteiger partial charge in [0.2, 0.25) is 0 Å². The highest BCUT2D eigenvalue weighted by molar-refractivity contribution is 6.30. The molecule has 0 saturated carbocycles. The smallest absolute Gasteiger partial charge is 0.309 e. The average Bonchev–Trinajstić information content (AvgIpc) is 2.82. The van der Waals surface area contributed by atoms with E-state index in [1.807, 2.05) is 30.0 Å². The van der Waals surface area contributed by atoms with E-state index >= 15 is 0 Å². The molecule has 0 N–H and O–H groups in total. The molecule has 2 heterocycles. The highest BCUT2D eigenvalue weighted by atomic mass is 35.5. The van der Waals surface area contributed by atoms with Crippen LogP contribution in [0.15, 0.2) is 24.3 Å². The Labute approximate surface area is 167 Å². The molecule has 2 saturated heterocycles. The molecule has 2 fully saturated rings. The van der Waals surface area contributed by atoms with Crippen LogP contribution in [0.2, 0.25) is 5.02 Å². The third-order valence-electron chi connectivity index (χ3n) is 5.85. The lowest BCUT2D eigenvalue weighted by molar-refractivity contribution is -0.135. The minimum absolute atomic E-state index is 0.00108. The van der Waals surface area contributed by atoms with E-state index in [1.54, 1.807) is 0 Å². The zero-order chi connectivity index (χ0) is 19.6. The summed E-state index contributed by atoms with van der Waals surface area (Å²) in [4.78, 5) is 31.6. The number of imide groups is 1. The van der Waals surface area contributed by atoms with E-state index in [0.29, 0.717) is 31.8 Å². The summed E-state index contributed by atoms with van der Waals surface area (Å²) in [5.74, 6) is 0.504. The Bertz CT molecular complexity index is 698. The fraction of sp³-hybridized carbons (Fsp3) is 0.619. The Morgan fingerprint density at radius 3 is 2.48 bits per heavy atom. The summed E-state index contributed by atoms with van der Waals surface area (Å²) in [5.41, 5.74) is 0.534. The van der Waals surface area contributed by atoms with Crippen molar-refractivity contribution in [3.63, 3.8) is 0 Å². The molecule has 1 aromatic rings. The van der Waals surface area contributed by atoms with Gasteiger partial charge in [-0.15, -0.1) is 0 Å². The topological polar surface area (TPSA) is 43.9 Å². The number of halogens is 1. The van der Waals surface area contributed by atoms with Crippen LogP contribution in [0.1, 0.15) is 45.6 Å². The first-order chi connectivity index (χ1) is 12.9. The van der Waals surface area contributed by atoms with Crippen molar-refractivity contribution in [1.82, 2.24) is 14.7 Å². The second kappa shape index (κ2) is 8.19. The van der Waals surface area contributed by atoms with Crippen molar-refractivity contribution in [2.45, 2.75) is 52.1 Å². The first-order valence-corrected chi connectivity index (χ1v) is 10.4. The molecule has 3 amide bonds. The van der Waals surface area contributed by atoms with Gasteiger partial charge in [-0.3, -0.25) is 14.6 Å². The normalized spacial score (nSPS) is 20.3. The number of benzene rings is 1. The Balaban J connectivity index is 1.72. The van der Waals surface area contributed by atoms with Crippen molar-refractivity contribution in [3.8, 4) is 0 Å². The second-order valence-corrected chi connectivity index (χ2v) is 8.54. The predicted molar refractivity (Wildman–Crippen MR) is 108 cm³/mol. The van der Waals surface area contributed by atoms with Crippen molar-refractivity contribution in [1.29, 1.82) is 0 Å². The lowest BCUT2D eigenvalue weighted by Gasteiger charge is -2.42. The van der Waals surface area contributed by atoms with E-state index in [0.717, 1.165) is 31.1 Å². The van der Waals surface area contributed by atoms with E-state index in [4.69, 9.17) is 11.6 Å². The molecular weight excluding hydrogens is 362 g/mol. The van der Waals surface area contributed by atoms with Gasteiger partial charge in [-0.05, 0) is 49.8 Å². The number of rotatable bonds is 6. The van der Waals surface area contributed by atoms with Crippen LogP contribution in [-0.2, 0) is 11.3 Å². The first kappa shape index (κ1) is 20.2. The summed E-state index contributed by atoms with van der Waals surface area (Å²) in [5, 5.41) is 0.746. The van der Waals surface area contributed by atoms with Gasteiger partial charge in [0.15, 0.2) is 0 Å². The number of amides is 3. The zero-order valence-electron chi connectivity index (χ0n) is 16.6. The third kappa shape index (κ3) is 3.99. The second-order valence-electron chi connectivity index (χ2n) is 8.10. The van der Waals surface area contributed by atoms with Crippen molar-refractivity contribution < 1.29 is 9.59 Å². The maximum atomic E-state index is 13.1. The molecular formula is C21H30ClN3O2. The van der Waals surface area contributed by atoms with E-state index < -0.39 is 5.54 Å². The fourth-order valence-corrected chi connectivity index (χ4v) is 4.43. The summed E-state index contributed by atoms with van der Waals surface area (Å²) in [6.07, 6.45) is 2.32. The summed E-state index contributed by atoms with van der Waals surface area (Å²) >= 11 is 6.09. The Hall–Kier alpha value is -1.59. The van der Waals surface area contributed by atoms with Crippen LogP contribution in [-0.4, -0.2) is 58.4 Å². The number of likely N-dealkylation sites (N-methyl/N-ethyl adjacent to an activating group) is 1. The van der Waals surface area contributed by atoms with Crippen molar-refractivity contribution >= 4 is 23.5 Å². The number of carbonyl (C=O) groups excluding carboxylic acids is 2. The van der Waals surface area contributed by atoms with Crippen LogP contribution in [0, 0.1) is 5.92 Å². The lowest BCUT2D eigenvalue weighted by atomic mass is 9.85. The molecule has 0 atom stereocenters. The minimum atomic E-state index is -0.646. The minimum Gasteiger partial charge on any atom is -0.309 e. The van der Waals surface area contributed by atoms with Crippen LogP contribution in [0.5, 0.6) is 0 Å². The quantitative estimate of drug-likeness (QED) is 0.688. The van der Waals surface area contributed by atoms with Crippen molar-refractivity contribution in [2.75, 3.05) is 26.2 Å². The molecule has 0 aliphatic carbocycles. The molecule has 3 rings (SSSR count). The molecule has 0 radical (unpaired) electrons. The largest absolute Gasteiger partial charge is 0.327 e. The maximum absolute atomic E-state index is 13.1. The molecule has 2 aliphatic heterocycles. The molecule has 1 spiro atoms. The van der Waals surface area contributed by atoms with Gasteiger partial charge >= 0.3 is 6.03 Å². The van der Waals surface area contributed by atoms with E-state index in [-0.39, 0.29) is 11.9 Å². The van der Waals surface area contributed by atoms with Crippen LogP contribution >= 0.6 is 11.6 Å². The molecule has 0 unspecified atom stereocenters. The van der Waals surface area contributed by atoms with Gasteiger partial charge in [-0.25, -0.2) is 4.79 Å². The van der Waals surface area contributed by atoms with Gasteiger partial charge in [0.25, 0.3) is 5.91 Å². The summed E-state index contributed by atoms with van der Waals surface area (Å²) in [6.45, 7) is 9.73. The molecule has 5 nitrogen and oxygen atoms in total. The number of piperidine rings is 1. The van der Waals surface area contributed by atoms with E-state index in [1.165, 1.54) is 10.5 Å². The molecule has 0 aromatic heterocycles. The molecule has 27 heavy (non-hydrogen) atoms. The van der Waals surface area contributed by atoms with Crippen LogP contribution < -0.4 is 0 Å². The Morgan fingerprint density at radius 1 is 1.19 bits per heavy atom. The number of nitrogens with zero attached hydrogens (tertiary/aromatic N) is 3. The third-order valence-corrected chi connectivity index (χ3v) is 6.08. The van der Waals surface area contributed by atoms with Crippen LogP contribution in [0.3, 0.4) is 0 Å². The van der Waals surface area contributed by atoms with E-state index in [2.05, 4.69) is 24.8 Å². The molecule has 0 bridgehead atoms. The number of carbonyl (C=O) groups is 2. The van der Waals surface area contributed by atoms with Gasteiger partial charge in [0.1, 0.15) is 5.54 Å². The Kier molecular flexibility index (Phi) is 6.11. The summed E-state index contributed by atoms with van der Waals surface area (Å²) in [6, 6.07) is 7.81. The zero-order valence-corrected chi connectivity index (χ0v) is 17.3. The predicted octanol–water partition coefficient (Wildman–Crippen LogP) is 4.00. The van der Waals surface area contributed by atoms with Crippen molar-refractivity contribution in [2.24, 2.45) is 5.92 Å². The van der Waals surface area contributed by atoms with Crippen LogP contribution in [0.25, 0.3) is 0 Å². The molecule has 148 valence electrons. The number of hydrogen-bond acceptors (Lipinski definition) is 3. The van der Waals surface area contributed by atoms with Gasteiger partial charge in [-0.2, -0.15) is 0 Å². The van der Waals surface area contributed by atoms with Gasteiger partial charge in [0.05, 0.1) is 0 Å². The lowest BCUT2D eigenvalue weighted by Crippen LogP contribution is -2.56. The standard InChI is InChI=1S/C21H30ClN3O2/c1-4-24-19(26)21(25(20(24)27)11-8-16(2)3)9-12-23(13-10-21)15-17-6-5-7-18(22)14-17/h5-7,14,16H,4,8-13,15H2,1-3H3. The maximum Gasteiger partial charge on any atom is 0.327 e. The highest BCUT2D eigenvalue weighted by Gasteiger charge is 2.57. The number of hydrogen-bond donors (Lipinski definition) is 0. The highest BCUT2D eigenvalue weighted by Crippen LogP contribution is 2.38. The van der Waals surface area contributed by atoms with E-state index in [9.17, 15) is 9.59 Å². The number of urea groups is 1. The summed E-state index contributed by atoms with van der Waals surface area (Å²) < 4.78 is 0. The van der Waals surface area contributed by atoms with Crippen LogP contribution in [0.4, 0.5) is 4.79 Å². The average molecular weight is 392 g/mol. The first-order valence-electron chi connectivity index (χ1n) is 9.97. The van der Waals surface area contributed by atoms with Gasteiger partial charge in [-0.1, -0.05) is 37.6 Å². The summed E-state index contributed by atoms with van der Waals surface area (Å²) in [7, 11) is 0. The Morgan fingerprint density at radius 2 is 1.89 bits per heavy atom. The molecule has 1 aromatic carbocycles. The molecule has 2 aliphatic rings. The fourth-order valence-electron chi connectivity index (χ4n) is 4.22. The van der Waals surface area contributed by atoms with Gasteiger partial charge in [0, 0.05) is 37.7 Å². The van der Waals surface area contributed by atoms with Crippen molar-refractivity contribution in [3.05, 3.63) is 34.9 Å². The molecule has 6 heteroatoms. The monoisotopic (exact) mass is 391 g/mol. The SMILES string of the molecule is CCN1C(=O)N(CCC(C)C)C2(CCN(Cc3cccc(Cl)c3)CC2)C1=O. The number of likely N-dealkylation sites (tertiary alicyclic amines) is 1.